The van der Waals surface area contributed by atoms with Crippen LogP contribution in [0.3, 0.4) is 0 Å². The van der Waals surface area contributed by atoms with Crippen molar-refractivity contribution in [3.63, 3.8) is 0 Å². The summed E-state index contributed by atoms with van der Waals surface area (Å²) in [6.45, 7) is 5.00. The summed E-state index contributed by atoms with van der Waals surface area (Å²) in [5.41, 5.74) is 0. The van der Waals surface area contributed by atoms with Crippen LogP contribution < -0.4 is 17.0 Å². The average molecular weight is 338 g/mol. The Hall–Kier alpha value is -0.0900. The highest BCUT2D eigenvalue weighted by Crippen LogP contribution is 2.12. The Morgan fingerprint density at radius 3 is 1.84 bits per heavy atom. The molecule has 3 nitrogen and oxygen atoms in total. The number of likely N-dealkylation sites (N-methyl/N-ethyl adjacent to an activating group) is 1. The van der Waals surface area contributed by atoms with Crippen LogP contribution >= 0.6 is 0 Å². The summed E-state index contributed by atoms with van der Waals surface area (Å²) in [6, 6.07) is -0.311. The van der Waals surface area contributed by atoms with E-state index in [0.29, 0.717) is 4.48 Å². The van der Waals surface area contributed by atoms with Crippen molar-refractivity contribution in [2.75, 3.05) is 20.6 Å². The largest absolute Gasteiger partial charge is 1.00 e. The lowest BCUT2D eigenvalue weighted by Gasteiger charge is -2.33. The van der Waals surface area contributed by atoms with Gasteiger partial charge in [-0.15, -0.1) is 0 Å². The molecule has 0 aromatic rings. The molecule has 4 heteroatoms. The summed E-state index contributed by atoms with van der Waals surface area (Å²) in [6.07, 6.45) is 10.4. The van der Waals surface area contributed by atoms with E-state index in [1.807, 2.05) is 14.1 Å². The number of hydrogen-bond acceptors (Lipinski definition) is 1. The van der Waals surface area contributed by atoms with E-state index in [2.05, 4.69) is 6.92 Å². The molecule has 0 aliphatic heterocycles. The van der Waals surface area contributed by atoms with Gasteiger partial charge in [0, 0.05) is 0 Å². The number of rotatable bonds is 11. The number of carbonyl (C=O) groups is 1. The summed E-state index contributed by atoms with van der Waals surface area (Å²) >= 11 is 0. The number of carboxylic acid groups (broad SMARTS) is 1. The van der Waals surface area contributed by atoms with Gasteiger partial charge in [-0.3, -0.25) is 0 Å². The maximum Gasteiger partial charge on any atom is 0.362 e. The van der Waals surface area contributed by atoms with Gasteiger partial charge in [-0.25, -0.2) is 4.79 Å². The fraction of sp³-hybridized carbons (Fsp3) is 0.933. The van der Waals surface area contributed by atoms with Gasteiger partial charge in [0.15, 0.2) is 6.04 Å². The van der Waals surface area contributed by atoms with Gasteiger partial charge in [0.25, 0.3) is 0 Å². The van der Waals surface area contributed by atoms with Gasteiger partial charge >= 0.3 is 5.97 Å². The molecular weight excluding hydrogens is 306 g/mol. The highest BCUT2D eigenvalue weighted by atomic mass is 79.9. The lowest BCUT2D eigenvalue weighted by molar-refractivity contribution is -0.904. The smallest absolute Gasteiger partial charge is 0.362 e. The van der Waals surface area contributed by atoms with E-state index < -0.39 is 5.97 Å². The molecule has 0 spiro atoms. The highest BCUT2D eigenvalue weighted by molar-refractivity contribution is 5.71. The van der Waals surface area contributed by atoms with E-state index >= 15 is 0 Å². The maximum absolute atomic E-state index is 11.0. The third kappa shape index (κ3) is 10.4. The van der Waals surface area contributed by atoms with E-state index in [4.69, 9.17) is 5.11 Å². The molecule has 0 aromatic carbocycles. The van der Waals surface area contributed by atoms with E-state index in [9.17, 15) is 4.79 Å². The van der Waals surface area contributed by atoms with Gasteiger partial charge in [-0.05, 0) is 19.8 Å². The zero-order valence-corrected chi connectivity index (χ0v) is 14.7. The second-order valence-corrected chi connectivity index (χ2v) is 5.99. The van der Waals surface area contributed by atoms with Gasteiger partial charge in [-0.1, -0.05) is 45.4 Å². The minimum atomic E-state index is -0.695. The third-order valence-electron chi connectivity index (χ3n) is 3.99. The Kier molecular flexibility index (Phi) is 13.1. The molecule has 0 rings (SSSR count). The average Bonchev–Trinajstić information content (AvgIpc) is 2.31. The molecule has 0 radical (unpaired) electrons. The van der Waals surface area contributed by atoms with Crippen molar-refractivity contribution in [1.29, 1.82) is 0 Å². The van der Waals surface area contributed by atoms with Gasteiger partial charge < -0.3 is 26.6 Å². The van der Waals surface area contributed by atoms with Crippen LogP contribution in [0.5, 0.6) is 0 Å². The zero-order valence-electron chi connectivity index (χ0n) is 13.1. The molecule has 0 saturated carbocycles. The molecule has 0 fully saturated rings. The first-order valence-electron chi connectivity index (χ1n) is 7.47. The Balaban J connectivity index is 0. The number of halogens is 1. The topological polar surface area (TPSA) is 37.3 Å². The second-order valence-electron chi connectivity index (χ2n) is 5.99. The first-order valence-corrected chi connectivity index (χ1v) is 7.47. The SMILES string of the molecule is CCCCCCCCCC[N+](C)(C)C(C)C(=O)O.[Br-]. The van der Waals surface area contributed by atoms with Gasteiger partial charge in [0.05, 0.1) is 20.6 Å². The monoisotopic (exact) mass is 337 g/mol. The quantitative estimate of drug-likeness (QED) is 0.444. The number of nitrogens with zero attached hydrogens (tertiary/aromatic N) is 1. The Labute approximate surface area is 129 Å². The van der Waals surface area contributed by atoms with Gasteiger partial charge in [-0.2, -0.15) is 0 Å². The molecule has 1 atom stereocenters. The van der Waals surface area contributed by atoms with Crippen LogP contribution in [-0.4, -0.2) is 42.2 Å². The summed E-state index contributed by atoms with van der Waals surface area (Å²) < 4.78 is 0.588. The number of unbranched alkanes of at least 4 members (excludes halogenated alkanes) is 7. The summed E-state index contributed by atoms with van der Waals surface area (Å²) in [5.74, 6) is -0.695. The van der Waals surface area contributed by atoms with Crippen molar-refractivity contribution < 1.29 is 31.4 Å². The molecule has 1 unspecified atom stereocenters. The van der Waals surface area contributed by atoms with Crippen LogP contribution in [-0.2, 0) is 4.79 Å². The van der Waals surface area contributed by atoms with E-state index in [0.717, 1.165) is 13.0 Å². The van der Waals surface area contributed by atoms with Gasteiger partial charge in [0.2, 0.25) is 0 Å². The van der Waals surface area contributed by atoms with Crippen molar-refractivity contribution in [3.05, 3.63) is 0 Å². The number of aliphatic carboxylic acids is 1. The molecule has 0 saturated heterocycles. The third-order valence-corrected chi connectivity index (χ3v) is 3.99. The molecular formula is C15H32BrNO2. The minimum absolute atomic E-state index is 0. The van der Waals surface area contributed by atoms with Crippen molar-refractivity contribution >= 4 is 5.97 Å². The minimum Gasteiger partial charge on any atom is -1.00 e. The van der Waals surface area contributed by atoms with Crippen molar-refractivity contribution in [2.45, 2.75) is 71.3 Å². The summed E-state index contributed by atoms with van der Waals surface area (Å²) in [7, 11) is 4.03. The fourth-order valence-corrected chi connectivity index (χ4v) is 2.15. The van der Waals surface area contributed by atoms with E-state index in [-0.39, 0.29) is 23.0 Å². The highest BCUT2D eigenvalue weighted by Gasteiger charge is 2.29. The normalized spacial score (nSPS) is 12.8. The van der Waals surface area contributed by atoms with Crippen LogP contribution in [0.25, 0.3) is 0 Å². The number of quaternary nitrogens is 1. The fourth-order valence-electron chi connectivity index (χ4n) is 2.15. The summed E-state index contributed by atoms with van der Waals surface area (Å²) in [5, 5.41) is 9.03. The molecule has 1 N–H and O–H groups in total. The van der Waals surface area contributed by atoms with Crippen LogP contribution in [0, 0.1) is 0 Å². The number of carboxylic acids is 1. The molecule has 116 valence electrons. The maximum atomic E-state index is 11.0. The van der Waals surface area contributed by atoms with E-state index in [1.54, 1.807) is 6.92 Å². The van der Waals surface area contributed by atoms with Crippen LogP contribution in [0.15, 0.2) is 0 Å². The predicted molar refractivity (Wildman–Crippen MR) is 76.7 cm³/mol. The number of hydrogen-bond donors (Lipinski definition) is 1. The lowest BCUT2D eigenvalue weighted by atomic mass is 10.1. The van der Waals surface area contributed by atoms with Crippen LogP contribution in [0.2, 0.25) is 0 Å². The van der Waals surface area contributed by atoms with Crippen LogP contribution in [0.1, 0.15) is 65.2 Å². The zero-order chi connectivity index (χ0) is 14.0. The van der Waals surface area contributed by atoms with Crippen molar-refractivity contribution in [3.8, 4) is 0 Å². The molecule has 0 bridgehead atoms. The lowest BCUT2D eigenvalue weighted by Crippen LogP contribution is -3.00. The second kappa shape index (κ2) is 11.7. The first-order chi connectivity index (χ1) is 8.41. The van der Waals surface area contributed by atoms with E-state index in [1.165, 1.54) is 44.9 Å². The van der Waals surface area contributed by atoms with Crippen molar-refractivity contribution in [2.24, 2.45) is 0 Å². The molecule has 0 heterocycles. The molecule has 0 aliphatic carbocycles. The Morgan fingerprint density at radius 1 is 1.00 bits per heavy atom. The Bertz CT molecular complexity index is 232. The molecule has 0 amide bonds. The standard InChI is InChI=1S/C15H31NO2.BrH/c1-5-6-7-8-9-10-11-12-13-16(3,4)14(2)15(17)18;/h14H,5-13H2,1-4H3;1H. The molecule has 0 aliphatic rings. The Morgan fingerprint density at radius 2 is 1.42 bits per heavy atom. The van der Waals surface area contributed by atoms with Gasteiger partial charge in [0.1, 0.15) is 0 Å². The summed E-state index contributed by atoms with van der Waals surface area (Å²) in [4.78, 5) is 11.0. The predicted octanol–water partition coefficient (Wildman–Crippen LogP) is 0.681. The first kappa shape index (κ1) is 21.2. The van der Waals surface area contributed by atoms with Crippen LogP contribution in [0.4, 0.5) is 0 Å². The molecule has 19 heavy (non-hydrogen) atoms. The van der Waals surface area contributed by atoms with Crippen molar-refractivity contribution in [1.82, 2.24) is 0 Å². The molecule has 0 aromatic heterocycles.